The Hall–Kier alpha value is -3.52. The second kappa shape index (κ2) is 9.26. The van der Waals surface area contributed by atoms with Gasteiger partial charge in [-0.1, -0.05) is 18.2 Å². The van der Waals surface area contributed by atoms with Crippen LogP contribution in [0.3, 0.4) is 0 Å². The fourth-order valence-corrected chi connectivity index (χ4v) is 5.58. The summed E-state index contributed by atoms with van der Waals surface area (Å²) in [5, 5.41) is 5.31. The average molecular weight is 488 g/mol. The summed E-state index contributed by atoms with van der Waals surface area (Å²) in [6, 6.07) is 13.5. The van der Waals surface area contributed by atoms with Crippen molar-refractivity contribution < 1.29 is 9.59 Å². The molecule has 1 aliphatic rings. The first-order valence-corrected chi connectivity index (χ1v) is 12.7. The number of amides is 2. The van der Waals surface area contributed by atoms with Crippen molar-refractivity contribution in [3.8, 4) is 11.3 Å². The number of carbonyl (C=O) groups excluding carboxylic acids is 2. The van der Waals surface area contributed by atoms with Gasteiger partial charge in [-0.25, -0.2) is 9.67 Å². The number of hydrogen-bond acceptors (Lipinski definition) is 5. The number of piperazine rings is 1. The standard InChI is InChI=1S/C27H29N5O2S/c1-17(2)32-25-23(16-28-32)22(15-24(29-25)21-14-18(3)35-19(21)4)27(34)31-12-10-30(11-13-31)26(33)20-8-6-5-7-9-20/h5-9,14-17H,10-13H2,1-4H3. The van der Waals surface area contributed by atoms with E-state index in [0.717, 1.165) is 22.3 Å². The summed E-state index contributed by atoms with van der Waals surface area (Å²) >= 11 is 1.73. The maximum atomic E-state index is 13.8. The van der Waals surface area contributed by atoms with Gasteiger partial charge in [0.15, 0.2) is 5.65 Å². The lowest BCUT2D eigenvalue weighted by Gasteiger charge is -2.35. The van der Waals surface area contributed by atoms with Gasteiger partial charge >= 0.3 is 0 Å². The smallest absolute Gasteiger partial charge is 0.254 e. The summed E-state index contributed by atoms with van der Waals surface area (Å²) in [5.41, 5.74) is 3.86. The van der Waals surface area contributed by atoms with Crippen LogP contribution in [-0.2, 0) is 0 Å². The van der Waals surface area contributed by atoms with Crippen LogP contribution in [0.4, 0.5) is 0 Å². The Bertz CT molecular complexity index is 1400. The summed E-state index contributed by atoms with van der Waals surface area (Å²) in [6.07, 6.45) is 1.75. The minimum atomic E-state index is -0.0432. The third-order valence-corrected chi connectivity index (χ3v) is 7.44. The van der Waals surface area contributed by atoms with Crippen molar-refractivity contribution in [2.24, 2.45) is 0 Å². The zero-order chi connectivity index (χ0) is 24.7. The van der Waals surface area contributed by atoms with Crippen LogP contribution in [0, 0.1) is 13.8 Å². The molecule has 0 spiro atoms. The minimum Gasteiger partial charge on any atom is -0.335 e. The zero-order valence-corrected chi connectivity index (χ0v) is 21.3. The molecular formula is C27H29N5O2S. The van der Waals surface area contributed by atoms with E-state index in [9.17, 15) is 9.59 Å². The van der Waals surface area contributed by atoms with E-state index < -0.39 is 0 Å². The first kappa shape index (κ1) is 23.2. The lowest BCUT2D eigenvalue weighted by molar-refractivity contribution is 0.0536. The van der Waals surface area contributed by atoms with Gasteiger partial charge in [0.1, 0.15) is 0 Å². The summed E-state index contributed by atoms with van der Waals surface area (Å²) in [6.45, 7) is 10.3. The molecule has 0 aliphatic carbocycles. The van der Waals surface area contributed by atoms with Crippen molar-refractivity contribution in [2.75, 3.05) is 26.2 Å². The largest absolute Gasteiger partial charge is 0.335 e. The van der Waals surface area contributed by atoms with E-state index in [1.165, 1.54) is 9.75 Å². The summed E-state index contributed by atoms with van der Waals surface area (Å²) in [7, 11) is 0. The fourth-order valence-electron chi connectivity index (χ4n) is 4.64. The molecule has 4 aromatic rings. The molecule has 4 heterocycles. The van der Waals surface area contributed by atoms with E-state index in [0.29, 0.717) is 37.3 Å². The molecule has 35 heavy (non-hydrogen) atoms. The fraction of sp³-hybridized carbons (Fsp3) is 0.333. The molecule has 180 valence electrons. The third-order valence-electron chi connectivity index (χ3n) is 6.48. The van der Waals surface area contributed by atoms with Gasteiger partial charge < -0.3 is 9.80 Å². The van der Waals surface area contributed by atoms with Crippen molar-refractivity contribution in [1.82, 2.24) is 24.6 Å². The van der Waals surface area contributed by atoms with Crippen molar-refractivity contribution in [3.05, 3.63) is 69.5 Å². The number of pyridine rings is 1. The molecule has 1 saturated heterocycles. The second-order valence-electron chi connectivity index (χ2n) is 9.25. The third kappa shape index (κ3) is 4.34. The molecule has 0 bridgehead atoms. The van der Waals surface area contributed by atoms with Crippen LogP contribution in [-0.4, -0.2) is 62.6 Å². The van der Waals surface area contributed by atoms with Gasteiger partial charge in [0.2, 0.25) is 0 Å². The number of benzene rings is 1. The predicted molar refractivity (Wildman–Crippen MR) is 139 cm³/mol. The Morgan fingerprint density at radius 3 is 2.20 bits per heavy atom. The second-order valence-corrected chi connectivity index (χ2v) is 10.7. The van der Waals surface area contributed by atoms with Crippen LogP contribution in [0.15, 0.2) is 48.7 Å². The quantitative estimate of drug-likeness (QED) is 0.408. The van der Waals surface area contributed by atoms with Crippen LogP contribution in [0.5, 0.6) is 0 Å². The molecule has 1 aliphatic heterocycles. The molecule has 2 amide bonds. The summed E-state index contributed by atoms with van der Waals surface area (Å²) < 4.78 is 1.88. The van der Waals surface area contributed by atoms with E-state index in [2.05, 4.69) is 38.9 Å². The molecule has 0 unspecified atom stereocenters. The van der Waals surface area contributed by atoms with E-state index in [-0.39, 0.29) is 17.9 Å². The van der Waals surface area contributed by atoms with Gasteiger partial charge in [0.25, 0.3) is 11.8 Å². The normalized spacial score (nSPS) is 14.2. The highest BCUT2D eigenvalue weighted by atomic mass is 32.1. The van der Waals surface area contributed by atoms with Crippen LogP contribution in [0.1, 0.15) is 50.4 Å². The maximum absolute atomic E-state index is 13.8. The summed E-state index contributed by atoms with van der Waals surface area (Å²) in [5.74, 6) is -0.0360. The van der Waals surface area contributed by atoms with E-state index in [4.69, 9.17) is 4.98 Å². The van der Waals surface area contributed by atoms with Gasteiger partial charge in [-0.05, 0) is 52.0 Å². The lowest BCUT2D eigenvalue weighted by atomic mass is 10.1. The van der Waals surface area contributed by atoms with Crippen molar-refractivity contribution in [3.63, 3.8) is 0 Å². The van der Waals surface area contributed by atoms with Crippen LogP contribution >= 0.6 is 11.3 Å². The van der Waals surface area contributed by atoms with E-state index in [1.807, 2.05) is 50.9 Å². The number of thiophene rings is 1. The molecular weight excluding hydrogens is 458 g/mol. The highest BCUT2D eigenvalue weighted by Crippen LogP contribution is 2.33. The Labute approximate surface area is 209 Å². The van der Waals surface area contributed by atoms with Crippen molar-refractivity contribution in [2.45, 2.75) is 33.7 Å². The van der Waals surface area contributed by atoms with Gasteiger partial charge in [-0.15, -0.1) is 11.3 Å². The van der Waals surface area contributed by atoms with E-state index in [1.54, 1.807) is 17.5 Å². The van der Waals surface area contributed by atoms with Gasteiger partial charge in [-0.2, -0.15) is 5.10 Å². The molecule has 5 rings (SSSR count). The monoisotopic (exact) mass is 487 g/mol. The Morgan fingerprint density at radius 1 is 0.943 bits per heavy atom. The highest BCUT2D eigenvalue weighted by Gasteiger charge is 2.28. The Kier molecular flexibility index (Phi) is 6.15. The number of nitrogens with zero attached hydrogens (tertiary/aromatic N) is 5. The molecule has 8 heteroatoms. The van der Waals surface area contributed by atoms with Crippen LogP contribution in [0.25, 0.3) is 22.3 Å². The first-order valence-electron chi connectivity index (χ1n) is 11.9. The number of carbonyl (C=O) groups is 2. The molecule has 0 N–H and O–H groups in total. The number of rotatable bonds is 4. The number of hydrogen-bond donors (Lipinski definition) is 0. The van der Waals surface area contributed by atoms with E-state index >= 15 is 0 Å². The van der Waals surface area contributed by atoms with Crippen LogP contribution in [0.2, 0.25) is 0 Å². The Morgan fingerprint density at radius 2 is 1.60 bits per heavy atom. The van der Waals surface area contributed by atoms with Gasteiger partial charge in [0.05, 0.1) is 22.8 Å². The molecule has 0 atom stereocenters. The molecule has 1 aromatic carbocycles. The minimum absolute atomic E-state index is 0.00722. The Balaban J connectivity index is 1.46. The lowest BCUT2D eigenvalue weighted by Crippen LogP contribution is -2.50. The average Bonchev–Trinajstić information content (AvgIpc) is 3.45. The van der Waals surface area contributed by atoms with Gasteiger partial charge in [-0.3, -0.25) is 9.59 Å². The highest BCUT2D eigenvalue weighted by molar-refractivity contribution is 7.12. The van der Waals surface area contributed by atoms with Crippen molar-refractivity contribution >= 4 is 34.2 Å². The summed E-state index contributed by atoms with van der Waals surface area (Å²) in [4.78, 5) is 37.6. The number of fused-ring (bicyclic) bond motifs is 1. The predicted octanol–water partition coefficient (Wildman–Crippen LogP) is 4.96. The maximum Gasteiger partial charge on any atom is 0.254 e. The molecule has 1 fully saturated rings. The molecule has 3 aromatic heterocycles. The number of aryl methyl sites for hydroxylation is 2. The number of aromatic nitrogens is 3. The SMILES string of the molecule is Cc1cc(-c2cc(C(=O)N3CCN(C(=O)c4ccccc4)CC3)c3cnn(C(C)C)c3n2)c(C)s1. The molecule has 0 saturated carbocycles. The van der Waals surface area contributed by atoms with Crippen molar-refractivity contribution in [1.29, 1.82) is 0 Å². The molecule has 7 nitrogen and oxygen atoms in total. The van der Waals surface area contributed by atoms with Crippen LogP contribution < -0.4 is 0 Å². The zero-order valence-electron chi connectivity index (χ0n) is 20.5. The van der Waals surface area contributed by atoms with Gasteiger partial charge in [0, 0.05) is 53.1 Å². The first-order chi connectivity index (χ1) is 16.8. The topological polar surface area (TPSA) is 71.3 Å². The molecule has 0 radical (unpaired) electrons.